The lowest BCUT2D eigenvalue weighted by Gasteiger charge is -2.25. The van der Waals surface area contributed by atoms with Crippen LogP contribution in [-0.2, 0) is 22.2 Å². The van der Waals surface area contributed by atoms with Crippen LogP contribution in [0.3, 0.4) is 0 Å². The number of hydrogen-bond donors (Lipinski definition) is 4. The van der Waals surface area contributed by atoms with Crippen LogP contribution in [0.25, 0.3) is 10.2 Å². The molecule has 216 valence electrons. The number of rotatable bonds is 8. The summed E-state index contributed by atoms with van der Waals surface area (Å²) in [4.78, 5) is 33.9. The Balaban J connectivity index is 1.16. The molecule has 1 aliphatic carbocycles. The van der Waals surface area contributed by atoms with E-state index in [0.717, 1.165) is 35.7 Å². The van der Waals surface area contributed by atoms with Crippen LogP contribution in [0.5, 0.6) is 11.5 Å². The molecule has 0 saturated heterocycles. The molecule has 9 nitrogen and oxygen atoms in total. The number of fused-ring (bicyclic) bond motifs is 1. The highest BCUT2D eigenvalue weighted by molar-refractivity contribution is 7.22. The molecule has 1 aromatic heterocycles. The van der Waals surface area contributed by atoms with Crippen molar-refractivity contribution in [3.05, 3.63) is 77.6 Å². The maximum Gasteiger partial charge on any atom is 0.416 e. The van der Waals surface area contributed by atoms with Crippen molar-refractivity contribution in [1.29, 1.82) is 0 Å². The number of carbonyl (C=O) groups is 2. The molecule has 0 bridgehead atoms. The van der Waals surface area contributed by atoms with Crippen molar-refractivity contribution in [2.45, 2.75) is 31.1 Å². The van der Waals surface area contributed by atoms with E-state index in [1.165, 1.54) is 41.9 Å². The van der Waals surface area contributed by atoms with E-state index in [9.17, 15) is 27.2 Å². The highest BCUT2D eigenvalue weighted by atomic mass is 32.1. The first-order valence-corrected chi connectivity index (χ1v) is 13.6. The van der Waals surface area contributed by atoms with Gasteiger partial charge in [-0.25, -0.2) is 19.8 Å². The average Bonchev–Trinajstić information content (AvgIpc) is 3.57. The van der Waals surface area contributed by atoms with E-state index in [1.807, 2.05) is 0 Å². The van der Waals surface area contributed by atoms with Crippen LogP contribution in [0.4, 0.5) is 28.4 Å². The van der Waals surface area contributed by atoms with E-state index < -0.39 is 29.1 Å². The second-order valence-corrected chi connectivity index (χ2v) is 10.9. The number of halogens is 4. The van der Waals surface area contributed by atoms with Crippen LogP contribution >= 0.6 is 11.3 Å². The van der Waals surface area contributed by atoms with Gasteiger partial charge in [0.25, 0.3) is 5.91 Å². The number of aromatic nitrogens is 1. The van der Waals surface area contributed by atoms with Gasteiger partial charge in [-0.1, -0.05) is 23.5 Å². The first kappa shape index (κ1) is 27.6. The number of amides is 2. The first-order valence-electron chi connectivity index (χ1n) is 12.8. The lowest BCUT2D eigenvalue weighted by molar-refractivity contribution is -0.137. The second-order valence-electron chi connectivity index (χ2n) is 9.87. The predicted molar refractivity (Wildman–Crippen MR) is 149 cm³/mol. The summed E-state index contributed by atoms with van der Waals surface area (Å²) in [5, 5.41) is 5.82. The van der Waals surface area contributed by atoms with Crippen molar-refractivity contribution in [3.8, 4) is 11.5 Å². The number of nitrogens with one attached hydrogen (secondary N) is 4. The Hall–Kier alpha value is -4.56. The van der Waals surface area contributed by atoms with Crippen LogP contribution < -0.4 is 26.2 Å². The number of carbonyl (C=O) groups excluding carboxylic acids is 2. The summed E-state index contributed by atoms with van der Waals surface area (Å²) in [5.74, 6) is -0.801. The van der Waals surface area contributed by atoms with Gasteiger partial charge in [-0.2, -0.15) is 13.2 Å². The molecule has 1 saturated carbocycles. The zero-order valence-electron chi connectivity index (χ0n) is 21.6. The lowest BCUT2D eigenvalue weighted by atomic mass is 9.98. The Morgan fingerprint density at radius 3 is 2.45 bits per heavy atom. The van der Waals surface area contributed by atoms with Gasteiger partial charge in [-0.15, -0.1) is 0 Å². The number of hydrogen-bond acceptors (Lipinski definition) is 8. The molecule has 14 heteroatoms. The number of ether oxygens (including phenoxy) is 1. The molecule has 2 aliphatic rings. The van der Waals surface area contributed by atoms with Crippen molar-refractivity contribution in [1.82, 2.24) is 15.8 Å². The van der Waals surface area contributed by atoms with Crippen molar-refractivity contribution in [2.24, 2.45) is 10.9 Å². The van der Waals surface area contributed by atoms with Gasteiger partial charge in [0, 0.05) is 24.5 Å². The molecule has 1 aliphatic heterocycles. The predicted octanol–water partition coefficient (Wildman–Crippen LogP) is 5.61. The highest BCUT2D eigenvalue weighted by Gasteiger charge is 2.41. The van der Waals surface area contributed by atoms with Crippen molar-refractivity contribution < 1.29 is 31.9 Å². The molecule has 2 amide bonds. The van der Waals surface area contributed by atoms with Crippen LogP contribution in [0.2, 0.25) is 0 Å². The fourth-order valence-electron chi connectivity index (χ4n) is 4.32. The average molecular weight is 599 g/mol. The minimum atomic E-state index is -4.49. The van der Waals surface area contributed by atoms with Crippen LogP contribution in [0, 0.1) is 11.7 Å². The third kappa shape index (κ3) is 5.90. The lowest BCUT2D eigenvalue weighted by Crippen LogP contribution is -2.55. The summed E-state index contributed by atoms with van der Waals surface area (Å²) in [7, 11) is 0. The summed E-state index contributed by atoms with van der Waals surface area (Å²) >= 11 is 1.30. The first-order chi connectivity index (χ1) is 20.1. The van der Waals surface area contributed by atoms with E-state index >= 15 is 0 Å². The third-order valence-corrected chi connectivity index (χ3v) is 7.64. The smallest absolute Gasteiger partial charge is 0.416 e. The van der Waals surface area contributed by atoms with Crippen LogP contribution in [0.1, 0.15) is 24.0 Å². The molecular formula is C28H22F4N6O3S. The molecule has 2 heterocycles. The number of hydrazine groups is 1. The number of thiazole rings is 1. The monoisotopic (exact) mass is 598 g/mol. The molecule has 1 atom stereocenters. The highest BCUT2D eigenvalue weighted by Crippen LogP contribution is 2.35. The molecule has 6 rings (SSSR count). The SMILES string of the molecule is O=C(Nc1nc2ccc(Oc3ccc(F)c(NC(=O)C4(Cc5ccc(C(F)(F)F)cc5)N=CNN4)c3)cc2s1)C1CC1. The van der Waals surface area contributed by atoms with Gasteiger partial charge >= 0.3 is 6.18 Å². The minimum absolute atomic E-state index is 0.0400. The van der Waals surface area contributed by atoms with Gasteiger partial charge in [-0.05, 0) is 54.8 Å². The van der Waals surface area contributed by atoms with Gasteiger partial charge < -0.3 is 20.8 Å². The number of aliphatic imine (C=N–C) groups is 1. The second kappa shape index (κ2) is 10.7. The van der Waals surface area contributed by atoms with E-state index in [1.54, 1.807) is 18.2 Å². The Bertz CT molecular complexity index is 1700. The quantitative estimate of drug-likeness (QED) is 0.196. The Labute approximate surface area is 240 Å². The molecule has 1 fully saturated rings. The molecule has 4 N–H and O–H groups in total. The number of alkyl halides is 3. The molecule has 3 aromatic carbocycles. The van der Waals surface area contributed by atoms with Gasteiger partial charge in [0.05, 0.1) is 27.8 Å². The largest absolute Gasteiger partial charge is 0.457 e. The third-order valence-electron chi connectivity index (χ3n) is 6.71. The summed E-state index contributed by atoms with van der Waals surface area (Å²) in [6, 6.07) is 13.3. The number of benzene rings is 3. The fourth-order valence-corrected chi connectivity index (χ4v) is 5.22. The van der Waals surface area contributed by atoms with Gasteiger partial charge in [0.15, 0.2) is 5.13 Å². The van der Waals surface area contributed by atoms with E-state index in [0.29, 0.717) is 22.0 Å². The molecular weight excluding hydrogens is 576 g/mol. The molecule has 42 heavy (non-hydrogen) atoms. The van der Waals surface area contributed by atoms with Crippen molar-refractivity contribution in [3.63, 3.8) is 0 Å². The normalized spacial score (nSPS) is 18.1. The molecule has 0 radical (unpaired) electrons. The Morgan fingerprint density at radius 1 is 1.02 bits per heavy atom. The van der Waals surface area contributed by atoms with E-state index in [2.05, 4.69) is 31.5 Å². The molecule has 0 spiro atoms. The number of anilines is 2. The van der Waals surface area contributed by atoms with E-state index in [4.69, 9.17) is 4.74 Å². The zero-order chi connectivity index (χ0) is 29.5. The maximum atomic E-state index is 14.7. The molecule has 4 aromatic rings. The summed E-state index contributed by atoms with van der Waals surface area (Å²) in [6.45, 7) is 0. The zero-order valence-corrected chi connectivity index (χ0v) is 22.4. The van der Waals surface area contributed by atoms with Gasteiger partial charge in [0.2, 0.25) is 11.6 Å². The van der Waals surface area contributed by atoms with E-state index in [-0.39, 0.29) is 29.7 Å². The van der Waals surface area contributed by atoms with Crippen molar-refractivity contribution >= 4 is 50.5 Å². The Morgan fingerprint density at radius 2 is 1.76 bits per heavy atom. The van der Waals surface area contributed by atoms with Crippen molar-refractivity contribution in [2.75, 3.05) is 10.6 Å². The Kier molecular flexibility index (Phi) is 7.02. The topological polar surface area (TPSA) is 117 Å². The van der Waals surface area contributed by atoms with Gasteiger partial charge in [-0.3, -0.25) is 9.59 Å². The van der Waals surface area contributed by atoms with Crippen LogP contribution in [0.15, 0.2) is 65.7 Å². The maximum absolute atomic E-state index is 14.7. The number of nitrogens with zero attached hydrogens (tertiary/aromatic N) is 2. The van der Waals surface area contributed by atoms with Gasteiger partial charge in [0.1, 0.15) is 17.3 Å². The molecule has 1 unspecified atom stereocenters. The standard InChI is InChI=1S/C28H22F4N6O3S/c29-20-9-7-18(41-19-8-10-21-23(12-19)42-26(36-21)37-24(39)16-3-4-16)11-22(20)35-25(40)27(33-14-34-38-27)13-15-1-5-17(6-2-15)28(30,31)32/h1-2,5-12,14,16,38H,3-4,13H2,(H,33,34)(H,35,40)(H,36,37,39). The fraction of sp³-hybridized carbons (Fsp3) is 0.214. The minimum Gasteiger partial charge on any atom is -0.457 e. The summed E-state index contributed by atoms with van der Waals surface area (Å²) in [5.41, 5.74) is 3.74. The summed E-state index contributed by atoms with van der Waals surface area (Å²) < 4.78 is 60.3. The summed E-state index contributed by atoms with van der Waals surface area (Å²) in [6.07, 6.45) is -1.61. The van der Waals surface area contributed by atoms with Crippen LogP contribution in [-0.4, -0.2) is 28.8 Å².